The smallest absolute Gasteiger partial charge is 0.338 e. The molecule has 166 valence electrons. The van der Waals surface area contributed by atoms with Crippen molar-refractivity contribution in [3.63, 3.8) is 0 Å². The molecule has 0 saturated heterocycles. The summed E-state index contributed by atoms with van der Waals surface area (Å²) in [6, 6.07) is 13.2. The first-order chi connectivity index (χ1) is 15.5. The zero-order valence-corrected chi connectivity index (χ0v) is 17.9. The molecule has 2 aromatic carbocycles. The lowest BCUT2D eigenvalue weighted by atomic mass is 10.1. The van der Waals surface area contributed by atoms with Crippen LogP contribution in [0.1, 0.15) is 46.9 Å². The molecule has 1 aromatic heterocycles. The third-order valence-electron chi connectivity index (χ3n) is 4.67. The van der Waals surface area contributed by atoms with Crippen molar-refractivity contribution in [1.29, 1.82) is 0 Å². The molecule has 0 aliphatic rings. The summed E-state index contributed by atoms with van der Waals surface area (Å²) in [4.78, 5) is 40.7. The van der Waals surface area contributed by atoms with Gasteiger partial charge in [0.05, 0.1) is 18.5 Å². The fourth-order valence-electron chi connectivity index (χ4n) is 2.90. The highest BCUT2D eigenvalue weighted by Gasteiger charge is 2.11. The number of benzene rings is 2. The summed E-state index contributed by atoms with van der Waals surface area (Å²) in [6.45, 7) is 2.94. The first-order valence-electron chi connectivity index (χ1n) is 10.5. The van der Waals surface area contributed by atoms with Crippen LogP contribution in [0.5, 0.6) is 0 Å². The number of nitrogens with zero attached hydrogens (tertiary/aromatic N) is 2. The Morgan fingerprint density at radius 3 is 2.53 bits per heavy atom. The van der Waals surface area contributed by atoms with Gasteiger partial charge in [0.15, 0.2) is 0 Å². The van der Waals surface area contributed by atoms with Gasteiger partial charge < -0.3 is 19.9 Å². The van der Waals surface area contributed by atoms with Gasteiger partial charge in [0.2, 0.25) is 5.91 Å². The number of unbranched alkanes of at least 4 members (excludes halogenated alkanes) is 1. The number of hydrogen-bond donors (Lipinski definition) is 2. The topological polar surface area (TPSA) is 102 Å². The largest absolute Gasteiger partial charge is 0.462 e. The Hall–Kier alpha value is -3.94. The van der Waals surface area contributed by atoms with Crippen LogP contribution in [0.15, 0.2) is 67.3 Å². The molecule has 2 amide bonds. The van der Waals surface area contributed by atoms with Gasteiger partial charge in [-0.25, -0.2) is 9.78 Å². The molecule has 3 rings (SSSR count). The second-order valence-electron chi connectivity index (χ2n) is 7.20. The van der Waals surface area contributed by atoms with Gasteiger partial charge in [0.1, 0.15) is 0 Å². The molecule has 2 N–H and O–H groups in total. The first-order valence-corrected chi connectivity index (χ1v) is 10.5. The predicted octanol–water partition coefficient (Wildman–Crippen LogP) is 4.12. The van der Waals surface area contributed by atoms with Crippen LogP contribution >= 0.6 is 0 Å². The van der Waals surface area contributed by atoms with Crippen molar-refractivity contribution in [2.45, 2.75) is 32.7 Å². The van der Waals surface area contributed by atoms with E-state index in [2.05, 4.69) is 15.6 Å². The third-order valence-corrected chi connectivity index (χ3v) is 4.67. The highest BCUT2D eigenvalue weighted by Crippen LogP contribution is 2.15. The van der Waals surface area contributed by atoms with Crippen LogP contribution in [0.25, 0.3) is 0 Å². The van der Waals surface area contributed by atoms with Crippen LogP contribution in [0.4, 0.5) is 11.4 Å². The number of carbonyl (C=O) groups is 3. The molecule has 0 saturated carbocycles. The van der Waals surface area contributed by atoms with E-state index in [4.69, 9.17) is 4.74 Å². The number of hydrogen-bond acceptors (Lipinski definition) is 5. The number of amides is 2. The van der Waals surface area contributed by atoms with Crippen LogP contribution in [-0.4, -0.2) is 33.9 Å². The van der Waals surface area contributed by atoms with Crippen molar-refractivity contribution in [3.05, 3.63) is 78.4 Å². The number of carbonyl (C=O) groups excluding carboxylic acids is 3. The van der Waals surface area contributed by atoms with E-state index in [0.29, 0.717) is 42.1 Å². The van der Waals surface area contributed by atoms with Gasteiger partial charge in [-0.05, 0) is 48.9 Å². The molecule has 0 aliphatic heterocycles. The molecule has 0 atom stereocenters. The molecule has 8 heteroatoms. The number of aryl methyl sites for hydroxylation is 1. The molecular formula is C24H26N4O4. The summed E-state index contributed by atoms with van der Waals surface area (Å²) in [6.07, 6.45) is 7.17. The van der Waals surface area contributed by atoms with Crippen molar-refractivity contribution in [2.24, 2.45) is 0 Å². The average Bonchev–Trinajstić information content (AvgIpc) is 3.32. The Bertz CT molecular complexity index is 1050. The fourth-order valence-corrected chi connectivity index (χ4v) is 2.90. The maximum Gasteiger partial charge on any atom is 0.338 e. The molecule has 0 spiro atoms. The quantitative estimate of drug-likeness (QED) is 0.369. The zero-order valence-electron chi connectivity index (χ0n) is 17.9. The highest BCUT2D eigenvalue weighted by molar-refractivity contribution is 6.05. The van der Waals surface area contributed by atoms with Gasteiger partial charge in [-0.15, -0.1) is 0 Å². The van der Waals surface area contributed by atoms with Crippen LogP contribution in [0.2, 0.25) is 0 Å². The number of imidazole rings is 1. The fraction of sp³-hybridized carbons (Fsp3) is 0.250. The summed E-state index contributed by atoms with van der Waals surface area (Å²) in [5, 5.41) is 5.59. The molecular weight excluding hydrogens is 408 g/mol. The lowest BCUT2D eigenvalue weighted by Gasteiger charge is -2.09. The third kappa shape index (κ3) is 6.80. The number of aromatic nitrogens is 2. The Balaban J connectivity index is 1.53. The van der Waals surface area contributed by atoms with Crippen LogP contribution < -0.4 is 10.6 Å². The number of ether oxygens (including phenoxy) is 1. The van der Waals surface area contributed by atoms with E-state index < -0.39 is 0 Å². The summed E-state index contributed by atoms with van der Waals surface area (Å²) in [5.41, 5.74) is 1.92. The molecule has 3 aromatic rings. The summed E-state index contributed by atoms with van der Waals surface area (Å²) in [5.74, 6) is -0.858. The minimum atomic E-state index is -0.382. The van der Waals surface area contributed by atoms with E-state index in [1.165, 1.54) is 0 Å². The van der Waals surface area contributed by atoms with Crippen molar-refractivity contribution in [3.8, 4) is 0 Å². The van der Waals surface area contributed by atoms with Crippen LogP contribution in [0, 0.1) is 0 Å². The van der Waals surface area contributed by atoms with Crippen LogP contribution in [0.3, 0.4) is 0 Å². The molecule has 32 heavy (non-hydrogen) atoms. The highest BCUT2D eigenvalue weighted by atomic mass is 16.5. The van der Waals surface area contributed by atoms with Crippen molar-refractivity contribution in [2.75, 3.05) is 17.2 Å². The minimum absolute atomic E-state index is 0.155. The molecule has 0 aliphatic carbocycles. The first kappa shape index (κ1) is 22.7. The number of rotatable bonds is 10. The van der Waals surface area contributed by atoms with E-state index in [1.807, 2.05) is 11.5 Å². The summed E-state index contributed by atoms with van der Waals surface area (Å²) < 4.78 is 7.00. The van der Waals surface area contributed by atoms with Crippen molar-refractivity contribution in [1.82, 2.24) is 9.55 Å². The molecule has 0 unspecified atom stereocenters. The van der Waals surface area contributed by atoms with E-state index in [0.717, 1.165) is 12.8 Å². The number of anilines is 2. The second-order valence-corrected chi connectivity index (χ2v) is 7.20. The van der Waals surface area contributed by atoms with Crippen LogP contribution in [-0.2, 0) is 16.1 Å². The zero-order chi connectivity index (χ0) is 22.8. The van der Waals surface area contributed by atoms with Gasteiger partial charge in [-0.1, -0.05) is 19.4 Å². The molecule has 1 heterocycles. The molecule has 0 radical (unpaired) electrons. The van der Waals surface area contributed by atoms with E-state index in [-0.39, 0.29) is 17.8 Å². The summed E-state index contributed by atoms with van der Waals surface area (Å²) >= 11 is 0. The van der Waals surface area contributed by atoms with E-state index in [1.54, 1.807) is 67.3 Å². The van der Waals surface area contributed by atoms with Gasteiger partial charge >= 0.3 is 5.97 Å². The number of nitrogens with one attached hydrogen (secondary N) is 2. The normalized spacial score (nSPS) is 10.4. The van der Waals surface area contributed by atoms with Gasteiger partial charge in [0.25, 0.3) is 5.91 Å². The lowest BCUT2D eigenvalue weighted by Crippen LogP contribution is -2.16. The molecule has 0 bridgehead atoms. The van der Waals surface area contributed by atoms with Gasteiger partial charge in [-0.2, -0.15) is 0 Å². The Labute approximate surface area is 186 Å². The summed E-state index contributed by atoms with van der Waals surface area (Å²) in [7, 11) is 0. The van der Waals surface area contributed by atoms with Gasteiger partial charge in [0, 0.05) is 42.3 Å². The Morgan fingerprint density at radius 2 is 1.81 bits per heavy atom. The van der Waals surface area contributed by atoms with Gasteiger partial charge in [-0.3, -0.25) is 9.59 Å². The second kappa shape index (κ2) is 11.5. The maximum atomic E-state index is 12.6. The Morgan fingerprint density at radius 1 is 1.00 bits per heavy atom. The maximum absolute atomic E-state index is 12.6. The average molecular weight is 434 g/mol. The van der Waals surface area contributed by atoms with Crippen molar-refractivity contribution >= 4 is 29.2 Å². The monoisotopic (exact) mass is 434 g/mol. The number of esters is 1. The van der Waals surface area contributed by atoms with Crippen molar-refractivity contribution < 1.29 is 19.1 Å². The standard InChI is InChI=1S/C24H26N4O4/c1-2-3-15-32-24(31)18-7-9-20(10-8-18)27-23(30)19-5-4-6-21(16-19)26-22(29)11-13-28-14-12-25-17-28/h4-10,12,14,16-17H,2-3,11,13,15H2,1H3,(H,26,29)(H,27,30). The van der Waals surface area contributed by atoms with E-state index >= 15 is 0 Å². The molecule has 8 nitrogen and oxygen atoms in total. The lowest BCUT2D eigenvalue weighted by molar-refractivity contribution is -0.116. The SMILES string of the molecule is CCCCOC(=O)c1ccc(NC(=O)c2cccc(NC(=O)CCn3ccnc3)c2)cc1. The van der Waals surface area contributed by atoms with E-state index in [9.17, 15) is 14.4 Å². The Kier molecular flexibility index (Phi) is 8.14. The predicted molar refractivity (Wildman–Crippen MR) is 122 cm³/mol. The minimum Gasteiger partial charge on any atom is -0.462 e. The molecule has 0 fully saturated rings.